The lowest BCUT2D eigenvalue weighted by Gasteiger charge is -2.07. The molecule has 0 spiro atoms. The number of thiol groups is 1. The topological polar surface area (TPSA) is 60.4 Å². The number of halogens is 2. The van der Waals surface area contributed by atoms with Gasteiger partial charge in [-0.2, -0.15) is 8.78 Å². The molecule has 0 N–H and O–H groups in total. The van der Waals surface area contributed by atoms with E-state index in [4.69, 9.17) is 0 Å². The molecule has 0 saturated heterocycles. The number of hydrogen-bond acceptors (Lipinski definition) is 4. The highest BCUT2D eigenvalue weighted by Gasteiger charge is 2.44. The molecule has 0 aromatic carbocycles. The van der Waals surface area contributed by atoms with Gasteiger partial charge >= 0.3 is 11.2 Å². The third-order valence-electron chi connectivity index (χ3n) is 0.912. The third-order valence-corrected chi connectivity index (χ3v) is 1.55. The fourth-order valence-electron chi connectivity index (χ4n) is 0.356. The second-order valence-electron chi connectivity index (χ2n) is 1.93. The molecule has 0 rings (SSSR count). The molecule has 0 aliphatic heterocycles. The average molecular weight is 202 g/mol. The Morgan fingerprint density at radius 2 is 2.00 bits per heavy atom. The van der Waals surface area contributed by atoms with Gasteiger partial charge in [-0.15, -0.1) is 0 Å². The van der Waals surface area contributed by atoms with Gasteiger partial charge in [-0.05, 0) is 6.42 Å². The molecule has 0 radical (unpaired) electrons. The van der Waals surface area contributed by atoms with E-state index in [1.54, 1.807) is 6.92 Å². The third kappa shape index (κ3) is 2.72. The van der Waals surface area contributed by atoms with Gasteiger partial charge in [0.15, 0.2) is 0 Å². The number of carbonyl (C=O) groups excluding carboxylic acids is 1. The first-order valence-corrected chi connectivity index (χ1v) is 4.30. The summed E-state index contributed by atoms with van der Waals surface area (Å²) in [7, 11) is -4.11. The summed E-state index contributed by atoms with van der Waals surface area (Å²) >= 11 is 0. The molecule has 0 unspecified atom stereocenters. The number of alkyl halides is 2. The summed E-state index contributed by atoms with van der Waals surface area (Å²) in [6.45, 7) is 1.39. The molecule has 0 amide bonds. The van der Waals surface area contributed by atoms with Crippen LogP contribution in [0.15, 0.2) is 0 Å². The van der Waals surface area contributed by atoms with Gasteiger partial charge in [-0.1, -0.05) is 6.92 Å². The van der Waals surface area contributed by atoms with Crippen molar-refractivity contribution in [2.45, 2.75) is 18.6 Å². The van der Waals surface area contributed by atoms with E-state index < -0.39 is 21.9 Å². The Kier molecular flexibility index (Phi) is 4.08. The van der Waals surface area contributed by atoms with Crippen LogP contribution in [0.3, 0.4) is 0 Å². The fraction of sp³-hybridized carbons (Fsp3) is 0.800. The van der Waals surface area contributed by atoms with E-state index in [0.717, 1.165) is 0 Å². The maximum Gasteiger partial charge on any atom is 0.437 e. The van der Waals surface area contributed by atoms with Gasteiger partial charge in [-0.25, -0.2) is 13.2 Å². The van der Waals surface area contributed by atoms with Gasteiger partial charge in [0, 0.05) is 0 Å². The first-order valence-electron chi connectivity index (χ1n) is 3.12. The molecule has 12 heavy (non-hydrogen) atoms. The predicted octanol–water partition coefficient (Wildman–Crippen LogP) is 0.144. The van der Waals surface area contributed by atoms with Crippen molar-refractivity contribution >= 4 is 16.7 Å². The SMILES string of the molecule is CCCOC(=O)C(F)(F)[SH](=O)=O. The Hall–Kier alpha value is -0.720. The molecule has 0 saturated carbocycles. The van der Waals surface area contributed by atoms with Gasteiger partial charge in [0.05, 0.1) is 6.61 Å². The van der Waals surface area contributed by atoms with Crippen molar-refractivity contribution in [2.24, 2.45) is 0 Å². The molecule has 0 bridgehead atoms. The van der Waals surface area contributed by atoms with Gasteiger partial charge in [-0.3, -0.25) is 0 Å². The van der Waals surface area contributed by atoms with Crippen LogP contribution in [-0.4, -0.2) is 26.2 Å². The highest BCUT2D eigenvalue weighted by molar-refractivity contribution is 7.74. The monoisotopic (exact) mass is 202 g/mol. The summed E-state index contributed by atoms with van der Waals surface area (Å²) < 4.78 is 48.0. The maximum atomic E-state index is 12.2. The van der Waals surface area contributed by atoms with Crippen LogP contribution in [0.25, 0.3) is 0 Å². The van der Waals surface area contributed by atoms with Crippen molar-refractivity contribution in [3.05, 3.63) is 0 Å². The van der Waals surface area contributed by atoms with Crippen molar-refractivity contribution in [2.75, 3.05) is 6.61 Å². The standard InChI is InChI=1S/C5H8F2O4S/c1-2-3-11-4(8)5(6,7)12(9)10/h12H,2-3H2,1H3. The Morgan fingerprint density at radius 3 is 2.33 bits per heavy atom. The smallest absolute Gasteiger partial charge is 0.437 e. The largest absolute Gasteiger partial charge is 0.460 e. The second kappa shape index (κ2) is 4.34. The molecule has 0 aliphatic carbocycles. The van der Waals surface area contributed by atoms with Crippen LogP contribution in [-0.2, 0) is 20.2 Å². The molecule has 0 aliphatic rings. The van der Waals surface area contributed by atoms with Crippen molar-refractivity contribution in [3.63, 3.8) is 0 Å². The Morgan fingerprint density at radius 1 is 1.50 bits per heavy atom. The highest BCUT2D eigenvalue weighted by Crippen LogP contribution is 2.15. The first-order chi connectivity index (χ1) is 5.42. The highest BCUT2D eigenvalue weighted by atomic mass is 32.2. The summed E-state index contributed by atoms with van der Waals surface area (Å²) in [6, 6.07) is 0. The lowest BCUT2D eigenvalue weighted by Crippen LogP contribution is -2.32. The summed E-state index contributed by atoms with van der Waals surface area (Å²) in [5.41, 5.74) is 0. The molecule has 0 fully saturated rings. The zero-order valence-electron chi connectivity index (χ0n) is 6.25. The minimum atomic E-state index is -4.40. The summed E-state index contributed by atoms with van der Waals surface area (Å²) in [6.07, 6.45) is 0.359. The van der Waals surface area contributed by atoms with Gasteiger partial charge < -0.3 is 4.74 Å². The number of ether oxygens (including phenoxy) is 1. The van der Waals surface area contributed by atoms with Crippen LogP contribution in [0.5, 0.6) is 0 Å². The number of hydrogen-bond donors (Lipinski definition) is 1. The van der Waals surface area contributed by atoms with Crippen molar-refractivity contribution < 1.29 is 26.7 Å². The minimum absolute atomic E-state index is 0.211. The maximum absolute atomic E-state index is 12.2. The zero-order chi connectivity index (χ0) is 9.78. The van der Waals surface area contributed by atoms with E-state index in [1.807, 2.05) is 0 Å². The van der Waals surface area contributed by atoms with Crippen molar-refractivity contribution in [3.8, 4) is 0 Å². The number of carbonyl (C=O) groups is 1. The number of esters is 1. The average Bonchev–Trinajstić information content (AvgIpc) is 1.99. The van der Waals surface area contributed by atoms with E-state index in [0.29, 0.717) is 6.42 Å². The van der Waals surface area contributed by atoms with Gasteiger partial charge in [0.1, 0.15) is 0 Å². The molecular formula is C5H8F2O4S. The molecular weight excluding hydrogens is 194 g/mol. The minimum Gasteiger partial charge on any atom is -0.460 e. The fourth-order valence-corrected chi connectivity index (χ4v) is 0.570. The normalized spacial score (nSPS) is 11.7. The second-order valence-corrected chi connectivity index (χ2v) is 3.01. The molecule has 0 aromatic rings. The Bertz CT molecular complexity index is 228. The van der Waals surface area contributed by atoms with Gasteiger partial charge in [0.25, 0.3) is 0 Å². The van der Waals surface area contributed by atoms with E-state index in [1.165, 1.54) is 0 Å². The Labute approximate surface area is 69.5 Å². The lowest BCUT2D eigenvalue weighted by atomic mass is 10.5. The lowest BCUT2D eigenvalue weighted by molar-refractivity contribution is -0.160. The van der Waals surface area contributed by atoms with E-state index in [9.17, 15) is 22.0 Å². The quantitative estimate of drug-likeness (QED) is 0.520. The first kappa shape index (κ1) is 11.3. The summed E-state index contributed by atoms with van der Waals surface area (Å²) in [5, 5.41) is -4.40. The van der Waals surface area contributed by atoms with Crippen LogP contribution in [0, 0.1) is 0 Å². The van der Waals surface area contributed by atoms with Gasteiger partial charge in [0.2, 0.25) is 10.7 Å². The molecule has 0 atom stereocenters. The zero-order valence-corrected chi connectivity index (χ0v) is 7.14. The summed E-state index contributed by atoms with van der Waals surface area (Å²) in [5.74, 6) is -2.01. The predicted molar refractivity (Wildman–Crippen MR) is 36.5 cm³/mol. The van der Waals surface area contributed by atoms with Crippen LogP contribution < -0.4 is 0 Å². The van der Waals surface area contributed by atoms with Crippen LogP contribution in [0.2, 0.25) is 0 Å². The van der Waals surface area contributed by atoms with Crippen LogP contribution in [0.1, 0.15) is 13.3 Å². The van der Waals surface area contributed by atoms with Crippen molar-refractivity contribution in [1.82, 2.24) is 0 Å². The van der Waals surface area contributed by atoms with E-state index in [2.05, 4.69) is 4.74 Å². The molecule has 4 nitrogen and oxygen atoms in total. The number of rotatable bonds is 4. The molecule has 0 aromatic heterocycles. The van der Waals surface area contributed by atoms with E-state index >= 15 is 0 Å². The van der Waals surface area contributed by atoms with Crippen LogP contribution in [0.4, 0.5) is 8.78 Å². The Balaban J connectivity index is 4.26. The van der Waals surface area contributed by atoms with Crippen LogP contribution >= 0.6 is 0 Å². The summed E-state index contributed by atoms with van der Waals surface area (Å²) in [4.78, 5) is 10.3. The van der Waals surface area contributed by atoms with Crippen molar-refractivity contribution in [1.29, 1.82) is 0 Å². The molecule has 0 heterocycles. The molecule has 7 heteroatoms. The van der Waals surface area contributed by atoms with E-state index in [-0.39, 0.29) is 6.61 Å². The molecule has 72 valence electrons.